The molecule has 1 fully saturated rings. The summed E-state index contributed by atoms with van der Waals surface area (Å²) in [6.07, 6.45) is 5.11. The lowest BCUT2D eigenvalue weighted by molar-refractivity contribution is 0.0449. The average Bonchev–Trinajstić information content (AvgIpc) is 3.03. The summed E-state index contributed by atoms with van der Waals surface area (Å²) < 4.78 is 1.68. The SMILES string of the molecule is Cc1cc2ncc(C(=O)NCC3(O)CCCC3)c(C)n2n1. The molecular weight excluding hydrogens is 268 g/mol. The van der Waals surface area contributed by atoms with Crippen molar-refractivity contribution in [2.75, 3.05) is 6.54 Å². The van der Waals surface area contributed by atoms with Crippen LogP contribution in [0, 0.1) is 13.8 Å². The Bertz CT molecular complexity index is 686. The zero-order valence-electron chi connectivity index (χ0n) is 12.4. The van der Waals surface area contributed by atoms with Gasteiger partial charge in [-0.25, -0.2) is 9.50 Å². The Hall–Kier alpha value is -1.95. The smallest absolute Gasteiger partial charge is 0.254 e. The second-order valence-electron chi connectivity index (χ2n) is 5.93. The van der Waals surface area contributed by atoms with Crippen molar-refractivity contribution in [3.63, 3.8) is 0 Å². The highest BCUT2D eigenvalue weighted by Gasteiger charge is 2.31. The number of nitrogens with one attached hydrogen (secondary N) is 1. The predicted molar refractivity (Wildman–Crippen MR) is 78.2 cm³/mol. The van der Waals surface area contributed by atoms with E-state index in [-0.39, 0.29) is 5.91 Å². The minimum absolute atomic E-state index is 0.213. The Kier molecular flexibility index (Phi) is 3.41. The summed E-state index contributed by atoms with van der Waals surface area (Å²) in [6.45, 7) is 4.03. The molecule has 21 heavy (non-hydrogen) atoms. The van der Waals surface area contributed by atoms with E-state index in [1.165, 1.54) is 0 Å². The Morgan fingerprint density at radius 3 is 2.86 bits per heavy atom. The van der Waals surface area contributed by atoms with Crippen LogP contribution in [0.25, 0.3) is 5.65 Å². The third-order valence-electron chi connectivity index (χ3n) is 4.20. The first-order chi connectivity index (χ1) is 9.98. The van der Waals surface area contributed by atoms with E-state index in [0.29, 0.717) is 12.1 Å². The van der Waals surface area contributed by atoms with Gasteiger partial charge in [-0.15, -0.1) is 0 Å². The Morgan fingerprint density at radius 1 is 1.43 bits per heavy atom. The van der Waals surface area contributed by atoms with Gasteiger partial charge < -0.3 is 10.4 Å². The summed E-state index contributed by atoms with van der Waals surface area (Å²) in [4.78, 5) is 16.6. The molecule has 1 aliphatic rings. The van der Waals surface area contributed by atoms with Crippen molar-refractivity contribution in [1.82, 2.24) is 19.9 Å². The van der Waals surface area contributed by atoms with Gasteiger partial charge in [0.15, 0.2) is 5.65 Å². The van der Waals surface area contributed by atoms with Crippen molar-refractivity contribution in [3.8, 4) is 0 Å². The molecule has 0 spiro atoms. The van der Waals surface area contributed by atoms with Crippen LogP contribution in [0.5, 0.6) is 0 Å². The fourth-order valence-electron chi connectivity index (χ4n) is 2.94. The lowest BCUT2D eigenvalue weighted by atomic mass is 10.0. The summed E-state index contributed by atoms with van der Waals surface area (Å²) in [5.41, 5.74) is 2.10. The van der Waals surface area contributed by atoms with E-state index in [1.807, 2.05) is 19.9 Å². The molecule has 0 aromatic carbocycles. The largest absolute Gasteiger partial charge is 0.388 e. The van der Waals surface area contributed by atoms with Gasteiger partial charge in [0, 0.05) is 18.8 Å². The van der Waals surface area contributed by atoms with Crippen molar-refractivity contribution < 1.29 is 9.90 Å². The zero-order valence-corrected chi connectivity index (χ0v) is 12.4. The van der Waals surface area contributed by atoms with Gasteiger partial charge in [0.2, 0.25) is 0 Å². The van der Waals surface area contributed by atoms with E-state index in [2.05, 4.69) is 15.4 Å². The molecule has 2 aromatic heterocycles. The van der Waals surface area contributed by atoms with Gasteiger partial charge >= 0.3 is 0 Å². The van der Waals surface area contributed by atoms with Gasteiger partial charge in [0.25, 0.3) is 5.91 Å². The third kappa shape index (κ3) is 2.63. The number of carbonyl (C=O) groups is 1. The second-order valence-corrected chi connectivity index (χ2v) is 5.93. The second kappa shape index (κ2) is 5.11. The molecule has 0 aliphatic heterocycles. The number of hydrogen-bond acceptors (Lipinski definition) is 4. The molecule has 0 radical (unpaired) electrons. The normalized spacial score (nSPS) is 17.3. The van der Waals surface area contributed by atoms with E-state index in [0.717, 1.165) is 42.7 Å². The number of rotatable bonds is 3. The highest BCUT2D eigenvalue weighted by Crippen LogP contribution is 2.28. The first-order valence-corrected chi connectivity index (χ1v) is 7.31. The van der Waals surface area contributed by atoms with Gasteiger partial charge in [-0.05, 0) is 26.7 Å². The summed E-state index contributed by atoms with van der Waals surface area (Å²) in [5, 5.41) is 17.4. The first kappa shape index (κ1) is 14.0. The molecule has 1 saturated carbocycles. The van der Waals surface area contributed by atoms with Gasteiger partial charge in [-0.1, -0.05) is 12.8 Å². The molecule has 6 nitrogen and oxygen atoms in total. The highest BCUT2D eigenvalue weighted by molar-refractivity contribution is 5.95. The fourth-order valence-corrected chi connectivity index (χ4v) is 2.94. The molecule has 0 atom stereocenters. The van der Waals surface area contributed by atoms with Crippen LogP contribution < -0.4 is 5.32 Å². The van der Waals surface area contributed by atoms with Crippen LogP contribution in [0.2, 0.25) is 0 Å². The molecule has 1 aliphatic carbocycles. The number of aliphatic hydroxyl groups is 1. The zero-order chi connectivity index (χ0) is 15.0. The van der Waals surface area contributed by atoms with Gasteiger partial charge in [0.1, 0.15) is 0 Å². The number of carbonyl (C=O) groups excluding carboxylic acids is 1. The molecule has 2 N–H and O–H groups in total. The molecule has 1 amide bonds. The van der Waals surface area contributed by atoms with Crippen molar-refractivity contribution in [3.05, 3.63) is 29.2 Å². The van der Waals surface area contributed by atoms with Gasteiger partial charge in [-0.3, -0.25) is 4.79 Å². The standard InChI is InChI=1S/C15H20N4O2/c1-10-7-13-16-8-12(11(2)19(13)18-10)14(20)17-9-15(21)5-3-4-6-15/h7-8,21H,3-6,9H2,1-2H3,(H,17,20). The van der Waals surface area contributed by atoms with Crippen LogP contribution >= 0.6 is 0 Å². The molecule has 3 rings (SSSR count). The average molecular weight is 288 g/mol. The lowest BCUT2D eigenvalue weighted by Gasteiger charge is -2.22. The van der Waals surface area contributed by atoms with Crippen LogP contribution in [-0.4, -0.2) is 37.8 Å². The van der Waals surface area contributed by atoms with E-state index in [9.17, 15) is 9.90 Å². The summed E-state index contributed by atoms with van der Waals surface area (Å²) >= 11 is 0. The maximum absolute atomic E-state index is 12.3. The van der Waals surface area contributed by atoms with E-state index in [1.54, 1.807) is 10.7 Å². The Balaban J connectivity index is 1.79. The number of aromatic nitrogens is 3. The van der Waals surface area contributed by atoms with Gasteiger partial charge in [0.05, 0.1) is 22.6 Å². The Morgan fingerprint density at radius 2 is 2.14 bits per heavy atom. The van der Waals surface area contributed by atoms with Crippen LogP contribution in [-0.2, 0) is 0 Å². The molecule has 0 unspecified atom stereocenters. The van der Waals surface area contributed by atoms with Crippen molar-refractivity contribution in [1.29, 1.82) is 0 Å². The minimum Gasteiger partial charge on any atom is -0.388 e. The number of amides is 1. The first-order valence-electron chi connectivity index (χ1n) is 7.31. The summed E-state index contributed by atoms with van der Waals surface area (Å²) in [6, 6.07) is 1.87. The molecule has 6 heteroatoms. The van der Waals surface area contributed by atoms with Crippen molar-refractivity contribution in [2.45, 2.75) is 45.1 Å². The monoisotopic (exact) mass is 288 g/mol. The van der Waals surface area contributed by atoms with Crippen LogP contribution in [0.1, 0.15) is 47.4 Å². The molecule has 112 valence electrons. The number of aryl methyl sites for hydroxylation is 2. The summed E-state index contributed by atoms with van der Waals surface area (Å²) in [7, 11) is 0. The quantitative estimate of drug-likeness (QED) is 0.894. The lowest BCUT2D eigenvalue weighted by Crippen LogP contribution is -2.41. The van der Waals surface area contributed by atoms with Crippen LogP contribution in [0.15, 0.2) is 12.3 Å². The maximum atomic E-state index is 12.3. The van der Waals surface area contributed by atoms with E-state index in [4.69, 9.17) is 0 Å². The number of nitrogens with zero attached hydrogens (tertiary/aromatic N) is 3. The maximum Gasteiger partial charge on any atom is 0.254 e. The molecule has 2 aromatic rings. The van der Waals surface area contributed by atoms with E-state index < -0.39 is 5.60 Å². The summed E-state index contributed by atoms with van der Waals surface area (Å²) in [5.74, 6) is -0.213. The van der Waals surface area contributed by atoms with Crippen molar-refractivity contribution >= 4 is 11.6 Å². The Labute approximate surface area is 123 Å². The minimum atomic E-state index is -0.747. The predicted octanol–water partition coefficient (Wildman–Crippen LogP) is 1.38. The number of hydrogen-bond donors (Lipinski definition) is 2. The topological polar surface area (TPSA) is 79.5 Å². The molecule has 0 bridgehead atoms. The van der Waals surface area contributed by atoms with E-state index >= 15 is 0 Å². The van der Waals surface area contributed by atoms with Crippen molar-refractivity contribution in [2.24, 2.45) is 0 Å². The fraction of sp³-hybridized carbons (Fsp3) is 0.533. The molecular formula is C15H20N4O2. The molecule has 2 heterocycles. The van der Waals surface area contributed by atoms with Crippen LogP contribution in [0.3, 0.4) is 0 Å². The molecule has 0 saturated heterocycles. The van der Waals surface area contributed by atoms with Crippen LogP contribution in [0.4, 0.5) is 0 Å². The third-order valence-corrected chi connectivity index (χ3v) is 4.20. The van der Waals surface area contributed by atoms with Gasteiger partial charge in [-0.2, -0.15) is 5.10 Å². The number of fused-ring (bicyclic) bond motifs is 1. The highest BCUT2D eigenvalue weighted by atomic mass is 16.3.